The van der Waals surface area contributed by atoms with Crippen molar-refractivity contribution in [3.05, 3.63) is 42.4 Å². The number of halogens is 2. The molecule has 1 aliphatic heterocycles. The van der Waals surface area contributed by atoms with Crippen LogP contribution in [0.25, 0.3) is 11.3 Å². The highest BCUT2D eigenvalue weighted by atomic mass is 19.3. The van der Waals surface area contributed by atoms with E-state index >= 15 is 0 Å². The minimum absolute atomic E-state index is 0.108. The summed E-state index contributed by atoms with van der Waals surface area (Å²) in [6.45, 7) is 0. The Morgan fingerprint density at radius 1 is 1.14 bits per heavy atom. The lowest BCUT2D eigenvalue weighted by Gasteiger charge is -2.41. The minimum atomic E-state index is -2.65. The van der Waals surface area contributed by atoms with Gasteiger partial charge in [-0.1, -0.05) is 24.3 Å². The first kappa shape index (κ1) is 13.0. The van der Waals surface area contributed by atoms with Crippen LogP contribution in [0.4, 0.5) is 8.78 Å². The lowest BCUT2D eigenvalue weighted by Crippen LogP contribution is -2.44. The Labute approximate surface area is 121 Å². The largest absolute Gasteiger partial charge is 0.387 e. The highest BCUT2D eigenvalue weighted by Gasteiger charge is 2.50. The Morgan fingerprint density at radius 2 is 1.86 bits per heavy atom. The van der Waals surface area contributed by atoms with Gasteiger partial charge in [0.15, 0.2) is 0 Å². The summed E-state index contributed by atoms with van der Waals surface area (Å²) in [6, 6.07) is 7.51. The zero-order valence-electron chi connectivity index (χ0n) is 11.5. The number of nitrogens with zero attached hydrogens (tertiary/aromatic N) is 2. The fourth-order valence-corrected chi connectivity index (χ4v) is 3.71. The molecule has 0 radical (unpaired) electrons. The van der Waals surface area contributed by atoms with Gasteiger partial charge in [0, 0.05) is 18.4 Å². The van der Waals surface area contributed by atoms with Crippen molar-refractivity contribution in [2.45, 2.75) is 43.2 Å². The van der Waals surface area contributed by atoms with Crippen molar-refractivity contribution in [3.8, 4) is 11.3 Å². The second kappa shape index (κ2) is 4.13. The van der Waals surface area contributed by atoms with E-state index in [4.69, 9.17) is 0 Å². The monoisotopic (exact) mass is 290 g/mol. The topological polar surface area (TPSA) is 38.1 Å². The standard InChI is InChI=1S/C16H16F2N2O/c17-16(18)7-5-15(21,6-8-16)14-12-4-2-1-3-11(12)13-9-19-10-20(13)14/h1-4,9-10,14,21H,5-8H2. The number of aliphatic hydroxyl groups is 1. The van der Waals surface area contributed by atoms with Crippen LogP contribution in [0.2, 0.25) is 0 Å². The molecular formula is C16H16F2N2O. The number of rotatable bonds is 1. The van der Waals surface area contributed by atoms with Gasteiger partial charge in [0.05, 0.1) is 29.9 Å². The number of hydrogen-bond acceptors (Lipinski definition) is 2. The summed E-state index contributed by atoms with van der Waals surface area (Å²) >= 11 is 0. The summed E-state index contributed by atoms with van der Waals surface area (Å²) in [4.78, 5) is 4.15. The van der Waals surface area contributed by atoms with Gasteiger partial charge in [-0.05, 0) is 18.4 Å². The van der Waals surface area contributed by atoms with Crippen molar-refractivity contribution in [2.24, 2.45) is 0 Å². The van der Waals surface area contributed by atoms with E-state index in [1.54, 1.807) is 12.5 Å². The van der Waals surface area contributed by atoms with Crippen LogP contribution in [-0.4, -0.2) is 26.2 Å². The lowest BCUT2D eigenvalue weighted by atomic mass is 9.75. The van der Waals surface area contributed by atoms with Gasteiger partial charge in [-0.15, -0.1) is 0 Å². The van der Waals surface area contributed by atoms with E-state index in [1.165, 1.54) is 0 Å². The van der Waals surface area contributed by atoms with E-state index in [-0.39, 0.29) is 31.7 Å². The summed E-state index contributed by atoms with van der Waals surface area (Å²) in [7, 11) is 0. The third-order valence-electron chi connectivity index (χ3n) is 4.83. The molecule has 2 aromatic rings. The fraction of sp³-hybridized carbons (Fsp3) is 0.438. The zero-order chi connectivity index (χ0) is 14.7. The third-order valence-corrected chi connectivity index (χ3v) is 4.83. The van der Waals surface area contributed by atoms with Crippen LogP contribution in [0.3, 0.4) is 0 Å². The molecule has 1 atom stereocenters. The van der Waals surface area contributed by atoms with Gasteiger partial charge in [0.25, 0.3) is 0 Å². The lowest BCUT2D eigenvalue weighted by molar-refractivity contribution is -0.116. The van der Waals surface area contributed by atoms with E-state index in [0.717, 1.165) is 16.8 Å². The second-order valence-corrected chi connectivity index (χ2v) is 6.14. The van der Waals surface area contributed by atoms with Crippen LogP contribution in [0, 0.1) is 0 Å². The Hall–Kier alpha value is -1.75. The molecule has 0 bridgehead atoms. The maximum Gasteiger partial charge on any atom is 0.248 e. The average Bonchev–Trinajstić information content (AvgIpc) is 3.03. The summed E-state index contributed by atoms with van der Waals surface area (Å²) in [5.74, 6) is -2.65. The average molecular weight is 290 g/mol. The Kier molecular flexibility index (Phi) is 2.55. The Morgan fingerprint density at radius 3 is 2.62 bits per heavy atom. The zero-order valence-corrected chi connectivity index (χ0v) is 11.5. The molecule has 0 spiro atoms. The number of alkyl halides is 2. The van der Waals surface area contributed by atoms with Gasteiger partial charge in [-0.2, -0.15) is 0 Å². The first-order valence-electron chi connectivity index (χ1n) is 7.22. The van der Waals surface area contributed by atoms with Gasteiger partial charge >= 0.3 is 0 Å². The van der Waals surface area contributed by atoms with Gasteiger partial charge in [0.1, 0.15) is 0 Å². The molecule has 1 aliphatic carbocycles. The molecule has 110 valence electrons. The molecule has 3 nitrogen and oxygen atoms in total. The Bertz CT molecular complexity index is 685. The minimum Gasteiger partial charge on any atom is -0.387 e. The molecule has 4 rings (SSSR count). The van der Waals surface area contributed by atoms with Crippen LogP contribution in [0.15, 0.2) is 36.8 Å². The smallest absolute Gasteiger partial charge is 0.248 e. The van der Waals surface area contributed by atoms with E-state index in [1.807, 2.05) is 28.8 Å². The number of fused-ring (bicyclic) bond motifs is 3. The fourth-order valence-electron chi connectivity index (χ4n) is 3.71. The van der Waals surface area contributed by atoms with E-state index in [2.05, 4.69) is 4.98 Å². The molecule has 2 aliphatic rings. The maximum atomic E-state index is 13.4. The van der Waals surface area contributed by atoms with Crippen molar-refractivity contribution < 1.29 is 13.9 Å². The van der Waals surface area contributed by atoms with Crippen LogP contribution < -0.4 is 0 Å². The number of imidazole rings is 1. The summed E-state index contributed by atoms with van der Waals surface area (Å²) < 4.78 is 28.8. The molecule has 1 N–H and O–H groups in total. The molecule has 1 fully saturated rings. The number of aromatic nitrogens is 2. The predicted octanol–water partition coefficient (Wildman–Crippen LogP) is 3.39. The number of benzene rings is 1. The van der Waals surface area contributed by atoms with E-state index in [0.29, 0.717) is 0 Å². The van der Waals surface area contributed by atoms with Crippen molar-refractivity contribution in [1.82, 2.24) is 9.55 Å². The second-order valence-electron chi connectivity index (χ2n) is 6.14. The summed E-state index contributed by atoms with van der Waals surface area (Å²) in [5.41, 5.74) is 1.85. The van der Waals surface area contributed by atoms with Crippen LogP contribution in [0.1, 0.15) is 37.3 Å². The van der Waals surface area contributed by atoms with Crippen molar-refractivity contribution in [2.75, 3.05) is 0 Å². The molecule has 2 heterocycles. The third kappa shape index (κ3) is 1.83. The highest BCUT2D eigenvalue weighted by Crippen LogP contribution is 2.51. The Balaban J connectivity index is 1.79. The molecular weight excluding hydrogens is 274 g/mol. The predicted molar refractivity (Wildman–Crippen MR) is 74.2 cm³/mol. The van der Waals surface area contributed by atoms with E-state index < -0.39 is 11.5 Å². The molecule has 1 aromatic carbocycles. The van der Waals surface area contributed by atoms with Crippen LogP contribution in [0.5, 0.6) is 0 Å². The molecule has 1 saturated carbocycles. The SMILES string of the molecule is OC1(C2c3ccccc3-c3cncn32)CCC(F)(F)CC1. The van der Waals surface area contributed by atoms with Crippen molar-refractivity contribution in [3.63, 3.8) is 0 Å². The van der Waals surface area contributed by atoms with Crippen LogP contribution >= 0.6 is 0 Å². The normalized spacial score (nSPS) is 25.4. The van der Waals surface area contributed by atoms with Gasteiger partial charge in [-0.25, -0.2) is 13.8 Å². The molecule has 1 aromatic heterocycles. The first-order chi connectivity index (χ1) is 10.0. The van der Waals surface area contributed by atoms with Crippen molar-refractivity contribution >= 4 is 0 Å². The number of hydrogen-bond donors (Lipinski definition) is 1. The quantitative estimate of drug-likeness (QED) is 0.874. The van der Waals surface area contributed by atoms with Gasteiger partial charge in [0.2, 0.25) is 5.92 Å². The first-order valence-corrected chi connectivity index (χ1v) is 7.22. The summed E-state index contributed by atoms with van der Waals surface area (Å²) in [6.07, 6.45) is 3.15. The van der Waals surface area contributed by atoms with Crippen molar-refractivity contribution in [1.29, 1.82) is 0 Å². The van der Waals surface area contributed by atoms with Gasteiger partial charge < -0.3 is 9.67 Å². The van der Waals surface area contributed by atoms with Crippen LogP contribution in [-0.2, 0) is 0 Å². The van der Waals surface area contributed by atoms with E-state index in [9.17, 15) is 13.9 Å². The summed E-state index contributed by atoms with van der Waals surface area (Å²) in [5, 5.41) is 11.0. The molecule has 5 heteroatoms. The molecule has 21 heavy (non-hydrogen) atoms. The molecule has 1 unspecified atom stereocenters. The highest BCUT2D eigenvalue weighted by molar-refractivity contribution is 5.69. The molecule has 0 saturated heterocycles. The molecule has 0 amide bonds. The van der Waals surface area contributed by atoms with Gasteiger partial charge in [-0.3, -0.25) is 0 Å². The maximum absolute atomic E-state index is 13.4.